The lowest BCUT2D eigenvalue weighted by Crippen LogP contribution is -2.28. The molecule has 0 unspecified atom stereocenters. The molecule has 0 saturated carbocycles. The molecule has 6 nitrogen and oxygen atoms in total. The molecular formula is C18H19F2N3O3. The second-order valence-electron chi connectivity index (χ2n) is 5.39. The minimum Gasteiger partial charge on any atom is -0.383 e. The Morgan fingerprint density at radius 1 is 1.00 bits per heavy atom. The van der Waals surface area contributed by atoms with Crippen LogP contribution in [-0.2, 0) is 16.0 Å². The highest BCUT2D eigenvalue weighted by Crippen LogP contribution is 2.18. The topological polar surface area (TPSA) is 79.5 Å². The molecule has 0 bridgehead atoms. The van der Waals surface area contributed by atoms with Crippen molar-refractivity contribution in [3.8, 4) is 0 Å². The summed E-state index contributed by atoms with van der Waals surface area (Å²) >= 11 is 0. The zero-order valence-corrected chi connectivity index (χ0v) is 14.1. The number of rotatable bonds is 7. The van der Waals surface area contributed by atoms with Gasteiger partial charge in [0.05, 0.1) is 13.0 Å². The second-order valence-corrected chi connectivity index (χ2v) is 5.39. The number of carbonyl (C=O) groups excluding carboxylic acids is 2. The van der Waals surface area contributed by atoms with Gasteiger partial charge in [-0.1, -0.05) is 18.2 Å². The van der Waals surface area contributed by atoms with Crippen molar-refractivity contribution >= 4 is 23.3 Å². The van der Waals surface area contributed by atoms with Gasteiger partial charge in [-0.05, 0) is 29.8 Å². The van der Waals surface area contributed by atoms with Crippen LogP contribution in [0, 0.1) is 11.6 Å². The fraction of sp³-hybridized carbons (Fsp3) is 0.222. The van der Waals surface area contributed by atoms with Gasteiger partial charge in [0.2, 0.25) is 5.91 Å². The maximum Gasteiger partial charge on any atom is 0.323 e. The summed E-state index contributed by atoms with van der Waals surface area (Å²) in [4.78, 5) is 23.6. The van der Waals surface area contributed by atoms with E-state index in [0.717, 1.165) is 17.7 Å². The minimum atomic E-state index is -0.866. The van der Waals surface area contributed by atoms with Gasteiger partial charge < -0.3 is 20.7 Å². The molecule has 2 aromatic carbocycles. The number of hydrogen-bond donors (Lipinski definition) is 3. The third kappa shape index (κ3) is 5.82. The number of halogens is 2. The summed E-state index contributed by atoms with van der Waals surface area (Å²) < 4.78 is 31.9. The number of anilines is 2. The molecule has 26 heavy (non-hydrogen) atoms. The Balaban J connectivity index is 1.88. The van der Waals surface area contributed by atoms with Crippen LogP contribution in [0.5, 0.6) is 0 Å². The molecule has 0 aliphatic heterocycles. The summed E-state index contributed by atoms with van der Waals surface area (Å²) in [6.07, 6.45) is 0.191. The molecule has 3 N–H and O–H groups in total. The van der Waals surface area contributed by atoms with E-state index in [-0.39, 0.29) is 12.3 Å². The van der Waals surface area contributed by atoms with Crippen molar-refractivity contribution in [2.24, 2.45) is 0 Å². The second kappa shape index (κ2) is 9.47. The SMILES string of the molecule is COCCNC(=O)Cc1ccc(NC(=O)Nc2c(F)cccc2F)cc1. The van der Waals surface area contributed by atoms with Gasteiger partial charge in [-0.25, -0.2) is 13.6 Å². The maximum atomic E-state index is 13.5. The number of benzene rings is 2. The van der Waals surface area contributed by atoms with Crippen molar-refractivity contribution in [1.82, 2.24) is 5.32 Å². The molecule has 0 saturated heterocycles. The molecule has 0 heterocycles. The van der Waals surface area contributed by atoms with Crippen LogP contribution in [0.15, 0.2) is 42.5 Å². The van der Waals surface area contributed by atoms with E-state index in [1.54, 1.807) is 31.4 Å². The summed E-state index contributed by atoms with van der Waals surface area (Å²) in [6.45, 7) is 0.869. The summed E-state index contributed by atoms with van der Waals surface area (Å²) in [5.41, 5.74) is 0.656. The normalized spacial score (nSPS) is 10.3. The van der Waals surface area contributed by atoms with Gasteiger partial charge >= 0.3 is 6.03 Å². The van der Waals surface area contributed by atoms with E-state index in [4.69, 9.17) is 4.74 Å². The number of amides is 3. The van der Waals surface area contributed by atoms with Crippen molar-refractivity contribution in [3.05, 3.63) is 59.7 Å². The summed E-state index contributed by atoms with van der Waals surface area (Å²) in [5.74, 6) is -1.87. The summed E-state index contributed by atoms with van der Waals surface area (Å²) in [5, 5.41) is 7.30. The van der Waals surface area contributed by atoms with E-state index < -0.39 is 23.4 Å². The molecule has 2 rings (SSSR count). The predicted octanol–water partition coefficient (Wildman–Crippen LogP) is 2.91. The first kappa shape index (κ1) is 19.3. The molecule has 8 heteroatoms. The zero-order valence-electron chi connectivity index (χ0n) is 14.1. The Morgan fingerprint density at radius 2 is 1.65 bits per heavy atom. The molecule has 0 aromatic heterocycles. The van der Waals surface area contributed by atoms with Crippen LogP contribution in [0.25, 0.3) is 0 Å². The predicted molar refractivity (Wildman–Crippen MR) is 94.0 cm³/mol. The Kier molecular flexibility index (Phi) is 7.04. The van der Waals surface area contributed by atoms with E-state index in [9.17, 15) is 18.4 Å². The monoisotopic (exact) mass is 363 g/mol. The van der Waals surface area contributed by atoms with Crippen molar-refractivity contribution in [3.63, 3.8) is 0 Å². The number of nitrogens with one attached hydrogen (secondary N) is 3. The van der Waals surface area contributed by atoms with Crippen LogP contribution < -0.4 is 16.0 Å². The fourth-order valence-corrected chi connectivity index (χ4v) is 2.14. The molecule has 0 radical (unpaired) electrons. The lowest BCUT2D eigenvalue weighted by Gasteiger charge is -2.10. The van der Waals surface area contributed by atoms with Gasteiger partial charge in [0.15, 0.2) is 0 Å². The lowest BCUT2D eigenvalue weighted by molar-refractivity contribution is -0.120. The largest absolute Gasteiger partial charge is 0.383 e. The van der Waals surface area contributed by atoms with E-state index >= 15 is 0 Å². The number of hydrogen-bond acceptors (Lipinski definition) is 3. The summed E-state index contributed by atoms with van der Waals surface area (Å²) in [6, 6.07) is 9.06. The van der Waals surface area contributed by atoms with E-state index in [0.29, 0.717) is 18.8 Å². The molecule has 0 fully saturated rings. The van der Waals surface area contributed by atoms with E-state index in [1.807, 2.05) is 0 Å². The average Bonchev–Trinajstić information content (AvgIpc) is 2.60. The van der Waals surface area contributed by atoms with E-state index in [1.165, 1.54) is 6.07 Å². The van der Waals surface area contributed by atoms with Crippen LogP contribution in [0.3, 0.4) is 0 Å². The zero-order chi connectivity index (χ0) is 18.9. The molecule has 138 valence electrons. The van der Waals surface area contributed by atoms with Crippen molar-refractivity contribution in [2.75, 3.05) is 30.9 Å². The number of methoxy groups -OCH3 is 1. The van der Waals surface area contributed by atoms with E-state index in [2.05, 4.69) is 16.0 Å². The van der Waals surface area contributed by atoms with Crippen LogP contribution in [0.1, 0.15) is 5.56 Å². The third-order valence-electron chi connectivity index (χ3n) is 3.41. The minimum absolute atomic E-state index is 0.143. The first-order valence-electron chi connectivity index (χ1n) is 7.86. The lowest BCUT2D eigenvalue weighted by atomic mass is 10.1. The smallest absolute Gasteiger partial charge is 0.323 e. The van der Waals surface area contributed by atoms with Crippen LogP contribution in [0.4, 0.5) is 25.0 Å². The number of urea groups is 1. The van der Waals surface area contributed by atoms with Crippen molar-refractivity contribution < 1.29 is 23.1 Å². The summed E-state index contributed by atoms with van der Waals surface area (Å²) in [7, 11) is 1.55. The standard InChI is InChI=1S/C18H19F2N3O3/c1-26-10-9-21-16(24)11-12-5-7-13(8-6-12)22-18(25)23-17-14(19)3-2-4-15(17)20/h2-8H,9-11H2,1H3,(H,21,24)(H2,22,23,25). The number of ether oxygens (including phenoxy) is 1. The van der Waals surface area contributed by atoms with Gasteiger partial charge in [0.25, 0.3) is 0 Å². The van der Waals surface area contributed by atoms with Gasteiger partial charge in [0, 0.05) is 19.3 Å². The molecule has 0 aliphatic carbocycles. The Bertz CT molecular complexity index is 747. The van der Waals surface area contributed by atoms with Crippen molar-refractivity contribution in [1.29, 1.82) is 0 Å². The fourth-order valence-electron chi connectivity index (χ4n) is 2.14. The first-order chi connectivity index (χ1) is 12.5. The quantitative estimate of drug-likeness (QED) is 0.662. The molecule has 2 aromatic rings. The van der Waals surface area contributed by atoms with Crippen LogP contribution in [-0.4, -0.2) is 32.2 Å². The maximum absolute atomic E-state index is 13.5. The highest BCUT2D eigenvalue weighted by atomic mass is 19.1. The van der Waals surface area contributed by atoms with Gasteiger partial charge in [-0.2, -0.15) is 0 Å². The number of para-hydroxylation sites is 1. The average molecular weight is 363 g/mol. The Hall–Kier alpha value is -3.00. The van der Waals surface area contributed by atoms with Crippen molar-refractivity contribution in [2.45, 2.75) is 6.42 Å². The molecule has 0 aliphatic rings. The highest BCUT2D eigenvalue weighted by Gasteiger charge is 2.12. The molecule has 0 spiro atoms. The van der Waals surface area contributed by atoms with Crippen LogP contribution in [0.2, 0.25) is 0 Å². The highest BCUT2D eigenvalue weighted by molar-refractivity contribution is 5.99. The Labute approximate surface area is 149 Å². The Morgan fingerprint density at radius 3 is 2.27 bits per heavy atom. The number of carbonyl (C=O) groups is 2. The first-order valence-corrected chi connectivity index (χ1v) is 7.86. The molecular weight excluding hydrogens is 344 g/mol. The molecule has 3 amide bonds. The van der Waals surface area contributed by atoms with Gasteiger partial charge in [0.1, 0.15) is 17.3 Å². The van der Waals surface area contributed by atoms with Crippen LogP contribution >= 0.6 is 0 Å². The third-order valence-corrected chi connectivity index (χ3v) is 3.41. The van der Waals surface area contributed by atoms with Gasteiger partial charge in [-0.15, -0.1) is 0 Å². The molecule has 0 atom stereocenters. The van der Waals surface area contributed by atoms with Gasteiger partial charge in [-0.3, -0.25) is 4.79 Å².